The highest BCUT2D eigenvalue weighted by molar-refractivity contribution is 5.95. The van der Waals surface area contributed by atoms with Gasteiger partial charge in [0.05, 0.1) is 18.7 Å². The molecule has 0 saturated carbocycles. The first-order valence-corrected chi connectivity index (χ1v) is 7.98. The lowest BCUT2D eigenvalue weighted by Gasteiger charge is -2.18. The molecule has 1 heterocycles. The molecule has 0 aliphatic carbocycles. The lowest BCUT2D eigenvalue weighted by atomic mass is 10.1. The summed E-state index contributed by atoms with van der Waals surface area (Å²) in [5, 5.41) is 19.1. The van der Waals surface area contributed by atoms with Crippen LogP contribution in [0.2, 0.25) is 0 Å². The fourth-order valence-corrected chi connectivity index (χ4v) is 2.87. The summed E-state index contributed by atoms with van der Waals surface area (Å²) in [5.41, 5.74) is 1.66. The van der Waals surface area contributed by atoms with E-state index in [9.17, 15) is 14.7 Å². The van der Waals surface area contributed by atoms with Gasteiger partial charge in [0.1, 0.15) is 18.0 Å². The number of benzene rings is 2. The molecule has 1 saturated heterocycles. The molecule has 130 valence electrons. The van der Waals surface area contributed by atoms with Crippen molar-refractivity contribution in [2.45, 2.75) is 19.1 Å². The van der Waals surface area contributed by atoms with Crippen LogP contribution in [0.5, 0.6) is 5.75 Å². The summed E-state index contributed by atoms with van der Waals surface area (Å²) < 4.78 is 5.73. The molecule has 25 heavy (non-hydrogen) atoms. The number of β-amino-alcohol motifs (C(OH)–C–C–N with tert-alkyl or cyclic N) is 1. The van der Waals surface area contributed by atoms with Crippen LogP contribution in [0, 0.1) is 6.92 Å². The van der Waals surface area contributed by atoms with E-state index in [1.807, 2.05) is 25.1 Å². The lowest BCUT2D eigenvalue weighted by molar-refractivity contribution is 0.0693. The lowest BCUT2D eigenvalue weighted by Crippen LogP contribution is -2.31. The van der Waals surface area contributed by atoms with E-state index in [0.717, 1.165) is 5.56 Å². The van der Waals surface area contributed by atoms with Crippen LogP contribution in [0.25, 0.3) is 0 Å². The number of aliphatic hydroxyl groups is 1. The molecule has 1 aliphatic heterocycles. The standard InChI is InChI=1S/C19H19NO5/c1-12-4-2-3-5-15(12)18(22)20-10-16(21)17(11-20)25-14-8-6-13(7-9-14)19(23)24/h2-9,16-17,21H,10-11H2,1H3,(H,23,24)/t16-,17-/m1/s1. The first kappa shape index (κ1) is 17.0. The third-order valence-electron chi connectivity index (χ3n) is 4.29. The van der Waals surface area contributed by atoms with Crippen molar-refractivity contribution in [2.24, 2.45) is 0 Å². The van der Waals surface area contributed by atoms with Gasteiger partial charge in [-0.25, -0.2) is 4.79 Å². The van der Waals surface area contributed by atoms with Crippen LogP contribution in [0.3, 0.4) is 0 Å². The van der Waals surface area contributed by atoms with Crippen LogP contribution in [0.4, 0.5) is 0 Å². The smallest absolute Gasteiger partial charge is 0.335 e. The Labute approximate surface area is 145 Å². The van der Waals surface area contributed by atoms with Crippen LogP contribution in [0.15, 0.2) is 48.5 Å². The summed E-state index contributed by atoms with van der Waals surface area (Å²) in [4.78, 5) is 25.1. The Hall–Kier alpha value is -2.86. The average Bonchev–Trinajstić information content (AvgIpc) is 2.96. The summed E-state index contributed by atoms with van der Waals surface area (Å²) in [7, 11) is 0. The van der Waals surface area contributed by atoms with Gasteiger partial charge in [-0.1, -0.05) is 18.2 Å². The molecular formula is C19H19NO5. The minimum absolute atomic E-state index is 0.135. The Kier molecular flexibility index (Phi) is 4.72. The quantitative estimate of drug-likeness (QED) is 0.888. The van der Waals surface area contributed by atoms with Crippen LogP contribution in [0.1, 0.15) is 26.3 Å². The molecule has 1 fully saturated rings. The van der Waals surface area contributed by atoms with Gasteiger partial charge >= 0.3 is 5.97 Å². The number of ether oxygens (including phenoxy) is 1. The number of nitrogens with zero attached hydrogens (tertiary/aromatic N) is 1. The maximum Gasteiger partial charge on any atom is 0.335 e. The van der Waals surface area contributed by atoms with Gasteiger partial charge in [0.25, 0.3) is 5.91 Å². The molecule has 2 aromatic carbocycles. The minimum Gasteiger partial charge on any atom is -0.486 e. The first-order valence-electron chi connectivity index (χ1n) is 7.98. The van der Waals surface area contributed by atoms with Gasteiger partial charge in [0, 0.05) is 5.56 Å². The summed E-state index contributed by atoms with van der Waals surface area (Å²) in [6, 6.07) is 13.3. The number of carboxylic acid groups (broad SMARTS) is 1. The number of aliphatic hydroxyl groups excluding tert-OH is 1. The van der Waals surface area contributed by atoms with E-state index in [1.54, 1.807) is 23.1 Å². The Morgan fingerprint density at radius 2 is 1.76 bits per heavy atom. The highest BCUT2D eigenvalue weighted by atomic mass is 16.5. The molecule has 2 N–H and O–H groups in total. The number of carbonyl (C=O) groups excluding carboxylic acids is 1. The molecule has 0 radical (unpaired) electrons. The number of aryl methyl sites for hydroxylation is 1. The molecule has 1 aliphatic rings. The molecule has 1 amide bonds. The zero-order valence-electron chi connectivity index (χ0n) is 13.8. The van der Waals surface area contributed by atoms with Gasteiger partial charge in [-0.2, -0.15) is 0 Å². The molecule has 6 nitrogen and oxygen atoms in total. The SMILES string of the molecule is Cc1ccccc1C(=O)N1C[C@@H](O)[C@H](Oc2ccc(C(=O)O)cc2)C1. The fourth-order valence-electron chi connectivity index (χ4n) is 2.87. The summed E-state index contributed by atoms with van der Waals surface area (Å²) in [5.74, 6) is -0.689. The molecule has 0 bridgehead atoms. The van der Waals surface area contributed by atoms with Crippen LogP contribution in [-0.4, -0.2) is 52.3 Å². The second-order valence-electron chi connectivity index (χ2n) is 6.08. The van der Waals surface area contributed by atoms with Gasteiger partial charge < -0.3 is 19.8 Å². The summed E-state index contributed by atoms with van der Waals surface area (Å²) in [6.07, 6.45) is -1.35. The molecule has 6 heteroatoms. The van der Waals surface area contributed by atoms with Crippen molar-refractivity contribution in [1.29, 1.82) is 0 Å². The zero-order chi connectivity index (χ0) is 18.0. The number of carboxylic acids is 1. The van der Waals surface area contributed by atoms with E-state index in [0.29, 0.717) is 11.3 Å². The van der Waals surface area contributed by atoms with Gasteiger partial charge in [-0.3, -0.25) is 4.79 Å². The van der Waals surface area contributed by atoms with Gasteiger partial charge in [-0.05, 0) is 42.8 Å². The average molecular weight is 341 g/mol. The normalized spacial score (nSPS) is 19.7. The second-order valence-corrected chi connectivity index (χ2v) is 6.08. The minimum atomic E-state index is -1.01. The van der Waals surface area contributed by atoms with Gasteiger partial charge in [-0.15, -0.1) is 0 Å². The summed E-state index contributed by atoms with van der Waals surface area (Å²) in [6.45, 7) is 2.35. The van der Waals surface area contributed by atoms with Crippen molar-refractivity contribution in [3.63, 3.8) is 0 Å². The Balaban J connectivity index is 1.68. The van der Waals surface area contributed by atoms with Crippen molar-refractivity contribution < 1.29 is 24.5 Å². The van der Waals surface area contributed by atoms with Crippen molar-refractivity contribution in [3.05, 3.63) is 65.2 Å². The molecule has 0 spiro atoms. The Morgan fingerprint density at radius 3 is 2.40 bits per heavy atom. The predicted molar refractivity (Wildman–Crippen MR) is 90.9 cm³/mol. The van der Waals surface area contributed by atoms with Crippen molar-refractivity contribution >= 4 is 11.9 Å². The fraction of sp³-hybridized carbons (Fsp3) is 0.263. The number of hydrogen-bond acceptors (Lipinski definition) is 4. The van der Waals surface area contributed by atoms with Crippen LogP contribution >= 0.6 is 0 Å². The van der Waals surface area contributed by atoms with E-state index < -0.39 is 18.2 Å². The Bertz CT molecular complexity index is 787. The third-order valence-corrected chi connectivity index (χ3v) is 4.29. The molecule has 2 atom stereocenters. The second kappa shape index (κ2) is 6.94. The maximum absolute atomic E-state index is 12.6. The molecule has 3 rings (SSSR count). The Morgan fingerprint density at radius 1 is 1.08 bits per heavy atom. The van der Waals surface area contributed by atoms with Crippen molar-refractivity contribution in [1.82, 2.24) is 4.90 Å². The highest BCUT2D eigenvalue weighted by Gasteiger charge is 2.36. The molecule has 0 aromatic heterocycles. The number of carbonyl (C=O) groups is 2. The van der Waals surface area contributed by atoms with Crippen molar-refractivity contribution in [2.75, 3.05) is 13.1 Å². The number of hydrogen-bond donors (Lipinski definition) is 2. The number of rotatable bonds is 4. The number of aromatic carboxylic acids is 1. The largest absolute Gasteiger partial charge is 0.486 e. The monoisotopic (exact) mass is 341 g/mol. The predicted octanol–water partition coefficient (Wildman–Crippen LogP) is 1.96. The van der Waals surface area contributed by atoms with Gasteiger partial charge in [0.15, 0.2) is 0 Å². The summed E-state index contributed by atoms with van der Waals surface area (Å²) >= 11 is 0. The van der Waals surface area contributed by atoms with Crippen LogP contribution < -0.4 is 4.74 Å². The van der Waals surface area contributed by atoms with Gasteiger partial charge in [0.2, 0.25) is 0 Å². The van der Waals surface area contributed by atoms with E-state index in [1.165, 1.54) is 12.1 Å². The maximum atomic E-state index is 12.6. The topological polar surface area (TPSA) is 87.1 Å². The van der Waals surface area contributed by atoms with E-state index in [-0.39, 0.29) is 24.6 Å². The zero-order valence-corrected chi connectivity index (χ0v) is 13.8. The molecule has 2 aromatic rings. The van der Waals surface area contributed by atoms with E-state index in [4.69, 9.17) is 9.84 Å². The van der Waals surface area contributed by atoms with Crippen molar-refractivity contribution in [3.8, 4) is 5.75 Å². The third kappa shape index (κ3) is 3.64. The first-order chi connectivity index (χ1) is 12.0. The van der Waals surface area contributed by atoms with Crippen LogP contribution in [-0.2, 0) is 0 Å². The molecule has 0 unspecified atom stereocenters. The molecular weight excluding hydrogens is 322 g/mol. The van der Waals surface area contributed by atoms with E-state index >= 15 is 0 Å². The highest BCUT2D eigenvalue weighted by Crippen LogP contribution is 2.22. The van der Waals surface area contributed by atoms with E-state index in [2.05, 4.69) is 0 Å². The number of likely N-dealkylation sites (tertiary alicyclic amines) is 1. The number of amides is 1.